The molecule has 1 unspecified atom stereocenters. The number of hydrogen-bond acceptors (Lipinski definition) is 4. The van der Waals surface area contributed by atoms with E-state index in [-0.39, 0.29) is 11.7 Å². The smallest absolute Gasteiger partial charge is 0.291 e. The second kappa shape index (κ2) is 6.91. The van der Waals surface area contributed by atoms with Crippen molar-refractivity contribution in [1.29, 1.82) is 0 Å². The average molecular weight is 313 g/mol. The van der Waals surface area contributed by atoms with E-state index in [9.17, 15) is 4.79 Å². The Labute approximate surface area is 136 Å². The summed E-state index contributed by atoms with van der Waals surface area (Å²) in [7, 11) is 0. The molecule has 1 aliphatic heterocycles. The number of carbonyl (C=O) groups excluding carboxylic acids is 1. The Hall–Kier alpha value is -2.21. The molecule has 0 aliphatic carbocycles. The Bertz CT molecular complexity index is 664. The van der Waals surface area contributed by atoms with Gasteiger partial charge >= 0.3 is 0 Å². The van der Waals surface area contributed by atoms with E-state index in [1.54, 1.807) is 11.0 Å². The highest BCUT2D eigenvalue weighted by molar-refractivity contribution is 5.90. The molecule has 1 saturated heterocycles. The van der Waals surface area contributed by atoms with Crippen LogP contribution in [0.3, 0.4) is 0 Å². The molecular formula is C17H23N5O. The topological polar surface area (TPSA) is 63.1 Å². The van der Waals surface area contributed by atoms with Gasteiger partial charge in [0.05, 0.1) is 5.69 Å². The summed E-state index contributed by atoms with van der Waals surface area (Å²) in [5, 5.41) is 7.23. The number of likely N-dealkylation sites (tertiary alicyclic amines) is 1. The molecule has 6 nitrogen and oxygen atoms in total. The van der Waals surface area contributed by atoms with Crippen molar-refractivity contribution >= 4 is 5.91 Å². The van der Waals surface area contributed by atoms with Gasteiger partial charge in [0.25, 0.3) is 5.91 Å². The number of aryl methyl sites for hydroxylation is 1. The highest BCUT2D eigenvalue weighted by atomic mass is 16.2. The maximum atomic E-state index is 12.2. The minimum Gasteiger partial charge on any atom is -0.348 e. The summed E-state index contributed by atoms with van der Waals surface area (Å²) in [6.45, 7) is 7.00. The quantitative estimate of drug-likeness (QED) is 0.914. The number of amides is 1. The van der Waals surface area contributed by atoms with Gasteiger partial charge in [0.1, 0.15) is 6.33 Å². The van der Waals surface area contributed by atoms with E-state index in [0.717, 1.165) is 25.2 Å². The van der Waals surface area contributed by atoms with E-state index in [4.69, 9.17) is 0 Å². The van der Waals surface area contributed by atoms with Crippen LogP contribution < -0.4 is 5.32 Å². The lowest BCUT2D eigenvalue weighted by atomic mass is 10.2. The van der Waals surface area contributed by atoms with E-state index < -0.39 is 0 Å². The van der Waals surface area contributed by atoms with E-state index in [1.165, 1.54) is 12.0 Å². The fraction of sp³-hybridized carbons (Fsp3) is 0.471. The van der Waals surface area contributed by atoms with Crippen LogP contribution in [0.15, 0.2) is 30.6 Å². The van der Waals surface area contributed by atoms with E-state index >= 15 is 0 Å². The van der Waals surface area contributed by atoms with Gasteiger partial charge in [0.15, 0.2) is 0 Å². The number of hydrogen-bond donors (Lipinski definition) is 1. The third kappa shape index (κ3) is 3.59. The lowest BCUT2D eigenvalue weighted by molar-refractivity contribution is 0.0931. The molecular weight excluding hydrogens is 290 g/mol. The van der Waals surface area contributed by atoms with E-state index in [2.05, 4.69) is 27.2 Å². The first-order chi connectivity index (χ1) is 11.2. The summed E-state index contributed by atoms with van der Waals surface area (Å²) in [6, 6.07) is 8.38. The van der Waals surface area contributed by atoms with Gasteiger partial charge in [-0.2, -0.15) is 0 Å². The SMILES string of the molecule is CCN1CCCC1CNC(=O)c1ncn(-c2ccc(C)cc2)n1. The van der Waals surface area contributed by atoms with Gasteiger partial charge in [-0.3, -0.25) is 9.69 Å². The second-order valence-corrected chi connectivity index (χ2v) is 5.98. The zero-order chi connectivity index (χ0) is 16.2. The molecule has 0 bridgehead atoms. The number of rotatable bonds is 5. The van der Waals surface area contributed by atoms with Crippen molar-refractivity contribution in [3.8, 4) is 5.69 Å². The Morgan fingerprint density at radius 2 is 2.13 bits per heavy atom. The predicted octanol–water partition coefficient (Wildman–Crippen LogP) is 1.79. The van der Waals surface area contributed by atoms with Gasteiger partial charge < -0.3 is 5.32 Å². The highest BCUT2D eigenvalue weighted by Crippen LogP contribution is 2.15. The van der Waals surface area contributed by atoms with Crippen LogP contribution in [0, 0.1) is 6.92 Å². The Kier molecular flexibility index (Phi) is 4.71. The minimum atomic E-state index is -0.209. The molecule has 1 aromatic carbocycles. The number of likely N-dealkylation sites (N-methyl/N-ethyl adjacent to an activating group) is 1. The Morgan fingerprint density at radius 3 is 2.87 bits per heavy atom. The van der Waals surface area contributed by atoms with E-state index in [0.29, 0.717) is 12.6 Å². The number of carbonyl (C=O) groups is 1. The first kappa shape index (κ1) is 15.7. The van der Waals surface area contributed by atoms with Gasteiger partial charge in [-0.05, 0) is 45.0 Å². The van der Waals surface area contributed by atoms with Crippen LogP contribution in [-0.4, -0.2) is 51.2 Å². The molecule has 1 amide bonds. The Balaban J connectivity index is 1.61. The molecule has 2 heterocycles. The molecule has 1 aliphatic rings. The van der Waals surface area contributed by atoms with Crippen LogP contribution in [-0.2, 0) is 0 Å². The van der Waals surface area contributed by atoms with Crippen molar-refractivity contribution < 1.29 is 4.79 Å². The molecule has 1 fully saturated rings. The fourth-order valence-electron chi connectivity index (χ4n) is 3.02. The van der Waals surface area contributed by atoms with Crippen molar-refractivity contribution in [1.82, 2.24) is 25.0 Å². The maximum Gasteiger partial charge on any atom is 0.291 e. The highest BCUT2D eigenvalue weighted by Gasteiger charge is 2.24. The monoisotopic (exact) mass is 313 g/mol. The van der Waals surface area contributed by atoms with E-state index in [1.807, 2.05) is 31.2 Å². The maximum absolute atomic E-state index is 12.2. The molecule has 0 radical (unpaired) electrons. The fourth-order valence-corrected chi connectivity index (χ4v) is 3.02. The number of benzene rings is 1. The van der Waals surface area contributed by atoms with Crippen molar-refractivity contribution in [2.75, 3.05) is 19.6 Å². The van der Waals surface area contributed by atoms with Gasteiger partial charge in [-0.15, -0.1) is 5.10 Å². The standard InChI is InChI=1S/C17H23N5O/c1-3-21-10-4-5-15(21)11-18-17(23)16-19-12-22(20-16)14-8-6-13(2)7-9-14/h6-9,12,15H,3-5,10-11H2,1-2H3,(H,18,23). The van der Waals surface area contributed by atoms with Gasteiger partial charge in [0.2, 0.25) is 5.82 Å². The van der Waals surface area contributed by atoms with Crippen molar-refractivity contribution in [2.24, 2.45) is 0 Å². The zero-order valence-electron chi connectivity index (χ0n) is 13.7. The van der Waals surface area contributed by atoms with Crippen molar-refractivity contribution in [3.05, 3.63) is 42.0 Å². The van der Waals surface area contributed by atoms with Crippen LogP contribution in [0.1, 0.15) is 35.9 Å². The molecule has 6 heteroatoms. The lowest BCUT2D eigenvalue weighted by Gasteiger charge is -2.22. The summed E-state index contributed by atoms with van der Waals surface area (Å²) in [5.41, 5.74) is 2.08. The predicted molar refractivity (Wildman–Crippen MR) is 88.7 cm³/mol. The average Bonchev–Trinajstić information content (AvgIpc) is 3.22. The second-order valence-electron chi connectivity index (χ2n) is 5.98. The molecule has 1 aromatic heterocycles. The first-order valence-corrected chi connectivity index (χ1v) is 8.18. The van der Waals surface area contributed by atoms with Crippen LogP contribution in [0.5, 0.6) is 0 Å². The first-order valence-electron chi connectivity index (χ1n) is 8.18. The third-order valence-electron chi connectivity index (χ3n) is 4.40. The summed E-state index contributed by atoms with van der Waals surface area (Å²) in [4.78, 5) is 18.8. The van der Waals surface area contributed by atoms with Crippen molar-refractivity contribution in [2.45, 2.75) is 32.7 Å². The van der Waals surface area contributed by atoms with Gasteiger partial charge in [0, 0.05) is 12.6 Å². The Morgan fingerprint density at radius 1 is 1.35 bits per heavy atom. The van der Waals surface area contributed by atoms with Crippen LogP contribution in [0.2, 0.25) is 0 Å². The lowest BCUT2D eigenvalue weighted by Crippen LogP contribution is -2.40. The van der Waals surface area contributed by atoms with Gasteiger partial charge in [-0.25, -0.2) is 9.67 Å². The third-order valence-corrected chi connectivity index (χ3v) is 4.40. The summed E-state index contributed by atoms with van der Waals surface area (Å²) in [6.07, 6.45) is 3.92. The number of aromatic nitrogens is 3. The largest absolute Gasteiger partial charge is 0.348 e. The van der Waals surface area contributed by atoms with Crippen molar-refractivity contribution in [3.63, 3.8) is 0 Å². The minimum absolute atomic E-state index is 0.209. The molecule has 2 aromatic rings. The molecule has 0 saturated carbocycles. The summed E-state index contributed by atoms with van der Waals surface area (Å²) in [5.74, 6) is 0.00503. The molecule has 122 valence electrons. The van der Waals surface area contributed by atoms with Crippen LogP contribution in [0.25, 0.3) is 5.69 Å². The molecule has 23 heavy (non-hydrogen) atoms. The molecule has 3 rings (SSSR count). The molecule has 0 spiro atoms. The number of nitrogens with zero attached hydrogens (tertiary/aromatic N) is 4. The summed E-state index contributed by atoms with van der Waals surface area (Å²) < 4.78 is 1.63. The van der Waals surface area contributed by atoms with Gasteiger partial charge in [-0.1, -0.05) is 24.6 Å². The zero-order valence-corrected chi connectivity index (χ0v) is 13.7. The normalized spacial score (nSPS) is 18.3. The molecule has 1 N–H and O–H groups in total. The summed E-state index contributed by atoms with van der Waals surface area (Å²) >= 11 is 0. The molecule has 1 atom stereocenters. The number of nitrogens with one attached hydrogen (secondary N) is 1. The van der Waals surface area contributed by atoms with Crippen LogP contribution >= 0.6 is 0 Å². The van der Waals surface area contributed by atoms with Crippen LogP contribution in [0.4, 0.5) is 0 Å².